The zero-order chi connectivity index (χ0) is 8.27. The third-order valence-electron chi connectivity index (χ3n) is 1.34. The van der Waals surface area contributed by atoms with Crippen LogP contribution in [0.25, 0.3) is 0 Å². The molecule has 0 nitrogen and oxygen atoms in total. The summed E-state index contributed by atoms with van der Waals surface area (Å²) in [6.45, 7) is 0. The first kappa shape index (κ1) is 9.12. The van der Waals surface area contributed by atoms with E-state index in [2.05, 4.69) is 23.8 Å². The summed E-state index contributed by atoms with van der Waals surface area (Å²) in [5.41, 5.74) is 1.38. The number of benzene rings is 1. The van der Waals surface area contributed by atoms with E-state index < -0.39 is 0 Å². The topological polar surface area (TPSA) is 0 Å². The molecule has 0 aliphatic heterocycles. The molecule has 0 amide bonds. The van der Waals surface area contributed by atoms with Crippen LogP contribution >= 0.6 is 11.6 Å². The predicted molar refractivity (Wildman–Crippen MR) is 52.6 cm³/mol. The van der Waals surface area contributed by atoms with E-state index in [1.807, 2.05) is 12.1 Å². The van der Waals surface area contributed by atoms with Crippen molar-refractivity contribution in [2.45, 2.75) is 17.0 Å². The summed E-state index contributed by atoms with van der Waals surface area (Å²) < 4.78 is 0. The Morgan fingerprint density at radius 3 is 2.64 bits per heavy atom. The van der Waals surface area contributed by atoms with Crippen LogP contribution in [-0.2, 0) is 5.32 Å². The molecule has 0 atom stereocenters. The van der Waals surface area contributed by atoms with E-state index >= 15 is 0 Å². The van der Waals surface area contributed by atoms with Gasteiger partial charge in [0.25, 0.3) is 0 Å². The predicted octanol–water partition coefficient (Wildman–Crippen LogP) is 3.18. The van der Waals surface area contributed by atoms with Crippen molar-refractivity contribution >= 4 is 25.5 Å². The zero-order valence-electron chi connectivity index (χ0n) is 6.80. The molecular formula is C9H12ClSe+. The molecule has 2 heteroatoms. The van der Waals surface area contributed by atoms with Crippen molar-refractivity contribution in [2.75, 3.05) is 0 Å². The van der Waals surface area contributed by atoms with Crippen molar-refractivity contribution in [1.82, 2.24) is 0 Å². The summed E-state index contributed by atoms with van der Waals surface area (Å²) >= 11 is 5.48. The second-order valence-electron chi connectivity index (χ2n) is 2.76. The Hall–Kier alpha value is 0.0295. The molecule has 0 heterocycles. The molecular weight excluding hydrogens is 223 g/mol. The molecule has 0 saturated carbocycles. The van der Waals surface area contributed by atoms with Gasteiger partial charge in [-0.05, 0) is 0 Å². The van der Waals surface area contributed by atoms with Crippen molar-refractivity contribution in [2.24, 2.45) is 0 Å². The van der Waals surface area contributed by atoms with E-state index in [9.17, 15) is 0 Å². The van der Waals surface area contributed by atoms with Gasteiger partial charge < -0.3 is 0 Å². The molecule has 0 unspecified atom stereocenters. The molecule has 0 saturated heterocycles. The SMILES string of the molecule is C[Se+](C)Cc1cccc(Cl)c1. The van der Waals surface area contributed by atoms with Gasteiger partial charge in [0.15, 0.2) is 0 Å². The van der Waals surface area contributed by atoms with Crippen molar-refractivity contribution in [3.63, 3.8) is 0 Å². The van der Waals surface area contributed by atoms with Gasteiger partial charge in [0.1, 0.15) is 0 Å². The Morgan fingerprint density at radius 1 is 1.36 bits per heavy atom. The van der Waals surface area contributed by atoms with Crippen molar-refractivity contribution in [1.29, 1.82) is 0 Å². The van der Waals surface area contributed by atoms with Gasteiger partial charge >= 0.3 is 77.3 Å². The second-order valence-corrected chi connectivity index (χ2v) is 7.94. The van der Waals surface area contributed by atoms with Crippen LogP contribution in [0.1, 0.15) is 5.56 Å². The first-order chi connectivity index (χ1) is 5.18. The first-order valence-corrected chi connectivity index (χ1v) is 8.48. The van der Waals surface area contributed by atoms with Gasteiger partial charge in [0, 0.05) is 0 Å². The molecule has 60 valence electrons. The Kier molecular flexibility index (Phi) is 3.44. The fourth-order valence-corrected chi connectivity index (χ4v) is 2.95. The molecule has 1 aromatic carbocycles. The van der Waals surface area contributed by atoms with E-state index in [-0.39, 0.29) is 13.9 Å². The van der Waals surface area contributed by atoms with E-state index in [1.165, 1.54) is 10.9 Å². The first-order valence-electron chi connectivity index (χ1n) is 3.47. The molecule has 0 radical (unpaired) electrons. The Morgan fingerprint density at radius 2 is 2.09 bits per heavy atom. The Bertz CT molecular complexity index is 233. The van der Waals surface area contributed by atoms with Crippen molar-refractivity contribution in [3.05, 3.63) is 34.9 Å². The van der Waals surface area contributed by atoms with Crippen LogP contribution in [0.3, 0.4) is 0 Å². The van der Waals surface area contributed by atoms with Crippen LogP contribution in [0.5, 0.6) is 0 Å². The van der Waals surface area contributed by atoms with Crippen LogP contribution in [0.4, 0.5) is 0 Å². The average Bonchev–Trinajstić information content (AvgIpc) is 1.85. The molecule has 0 bridgehead atoms. The van der Waals surface area contributed by atoms with Gasteiger partial charge in [0.05, 0.1) is 0 Å². The zero-order valence-corrected chi connectivity index (χ0v) is 9.27. The van der Waals surface area contributed by atoms with Crippen LogP contribution in [-0.4, -0.2) is 13.9 Å². The number of rotatable bonds is 2. The molecule has 0 spiro atoms. The number of hydrogen-bond donors (Lipinski definition) is 0. The minimum atomic E-state index is -0.359. The number of hydrogen-bond acceptors (Lipinski definition) is 0. The minimum absolute atomic E-state index is 0.359. The van der Waals surface area contributed by atoms with Crippen molar-refractivity contribution in [3.8, 4) is 0 Å². The average molecular weight is 235 g/mol. The monoisotopic (exact) mass is 235 g/mol. The quantitative estimate of drug-likeness (QED) is 0.690. The van der Waals surface area contributed by atoms with E-state index in [0.717, 1.165) is 5.02 Å². The molecule has 0 aliphatic rings. The van der Waals surface area contributed by atoms with Gasteiger partial charge in [-0.1, -0.05) is 0 Å². The molecule has 0 fully saturated rings. The van der Waals surface area contributed by atoms with Crippen LogP contribution < -0.4 is 0 Å². The molecule has 11 heavy (non-hydrogen) atoms. The van der Waals surface area contributed by atoms with Gasteiger partial charge in [0.2, 0.25) is 0 Å². The normalized spacial score (nSPS) is 10.5. The third kappa shape index (κ3) is 3.29. The Labute approximate surface area is 77.5 Å². The summed E-state index contributed by atoms with van der Waals surface area (Å²) in [7, 11) is 0. The van der Waals surface area contributed by atoms with E-state index in [1.54, 1.807) is 0 Å². The third-order valence-corrected chi connectivity index (χ3v) is 3.49. The molecule has 0 aromatic heterocycles. The van der Waals surface area contributed by atoms with E-state index in [4.69, 9.17) is 11.6 Å². The molecule has 1 rings (SSSR count). The maximum absolute atomic E-state index is 5.84. The summed E-state index contributed by atoms with van der Waals surface area (Å²) in [4.78, 5) is 0. The summed E-state index contributed by atoms with van der Waals surface area (Å²) in [5.74, 6) is 4.67. The van der Waals surface area contributed by atoms with E-state index in [0.29, 0.717) is 0 Å². The van der Waals surface area contributed by atoms with Crippen molar-refractivity contribution < 1.29 is 0 Å². The molecule has 1 aromatic rings. The summed E-state index contributed by atoms with van der Waals surface area (Å²) in [6, 6.07) is 8.15. The van der Waals surface area contributed by atoms with Crippen LogP contribution in [0.15, 0.2) is 24.3 Å². The van der Waals surface area contributed by atoms with Gasteiger partial charge in [-0.2, -0.15) is 0 Å². The molecule has 0 N–H and O–H groups in total. The van der Waals surface area contributed by atoms with Crippen LogP contribution in [0.2, 0.25) is 16.7 Å². The van der Waals surface area contributed by atoms with Gasteiger partial charge in [-0.25, -0.2) is 0 Å². The van der Waals surface area contributed by atoms with Crippen LogP contribution in [0, 0.1) is 0 Å². The summed E-state index contributed by atoms with van der Waals surface area (Å²) in [5, 5.41) is 2.09. The Balaban J connectivity index is 2.71. The summed E-state index contributed by atoms with van der Waals surface area (Å²) in [6.07, 6.45) is 0. The number of halogens is 1. The maximum atomic E-state index is 5.84. The van der Waals surface area contributed by atoms with Gasteiger partial charge in [-0.15, -0.1) is 0 Å². The molecule has 0 aliphatic carbocycles. The second kappa shape index (κ2) is 4.15. The fourth-order valence-electron chi connectivity index (χ4n) is 0.960. The standard InChI is InChI=1S/C9H12ClSe/c1-11(2)7-8-4-3-5-9(10)6-8/h3-6H,7H2,1-2H3/q+1. The van der Waals surface area contributed by atoms with Gasteiger partial charge in [-0.3, -0.25) is 0 Å². The fraction of sp³-hybridized carbons (Fsp3) is 0.333.